The molecule has 1 unspecified atom stereocenters. The molecule has 1 aromatic rings. The number of nitrogens with zero attached hydrogens (tertiary/aromatic N) is 2. The first-order valence-electron chi connectivity index (χ1n) is 5.74. The van der Waals surface area contributed by atoms with Crippen molar-refractivity contribution in [3.8, 4) is 0 Å². The molecule has 0 bridgehead atoms. The van der Waals surface area contributed by atoms with E-state index in [2.05, 4.69) is 5.16 Å². The number of amidine groups is 1. The fourth-order valence-electron chi connectivity index (χ4n) is 1.50. The van der Waals surface area contributed by atoms with Crippen molar-refractivity contribution in [1.82, 2.24) is 4.90 Å². The third kappa shape index (κ3) is 3.48. The lowest BCUT2D eigenvalue weighted by Gasteiger charge is -2.23. The number of aryl methyl sites for hydroxylation is 1. The van der Waals surface area contributed by atoms with Crippen LogP contribution >= 0.6 is 0 Å². The van der Waals surface area contributed by atoms with E-state index >= 15 is 0 Å². The van der Waals surface area contributed by atoms with Crippen molar-refractivity contribution in [2.75, 3.05) is 7.05 Å². The van der Waals surface area contributed by atoms with E-state index in [1.807, 2.05) is 31.2 Å². The zero-order valence-corrected chi connectivity index (χ0v) is 10.9. The van der Waals surface area contributed by atoms with Crippen molar-refractivity contribution < 1.29 is 10.0 Å². The van der Waals surface area contributed by atoms with Gasteiger partial charge in [0.15, 0.2) is 5.84 Å². The van der Waals surface area contributed by atoms with Crippen LogP contribution in [0.2, 0.25) is 0 Å². The molecule has 0 spiro atoms. The highest BCUT2D eigenvalue weighted by Crippen LogP contribution is 2.07. The molecule has 0 saturated heterocycles. The molecule has 0 aromatic heterocycles. The van der Waals surface area contributed by atoms with Crippen LogP contribution in [0.1, 0.15) is 18.1 Å². The van der Waals surface area contributed by atoms with Gasteiger partial charge in [0.25, 0.3) is 0 Å². The minimum Gasteiger partial charge on any atom is -0.409 e. The number of rotatable bonds is 4. The summed E-state index contributed by atoms with van der Waals surface area (Å²) in [4.78, 5) is 13.5. The van der Waals surface area contributed by atoms with Crippen molar-refractivity contribution in [3.63, 3.8) is 0 Å². The van der Waals surface area contributed by atoms with Crippen LogP contribution in [-0.4, -0.2) is 34.9 Å². The maximum absolute atomic E-state index is 12.0. The van der Waals surface area contributed by atoms with Crippen molar-refractivity contribution in [3.05, 3.63) is 35.4 Å². The molecule has 18 heavy (non-hydrogen) atoms. The lowest BCUT2D eigenvalue weighted by atomic mass is 10.1. The third-order valence-electron chi connectivity index (χ3n) is 2.99. The minimum absolute atomic E-state index is 0.0229. The minimum atomic E-state index is -0.423. The Morgan fingerprint density at radius 1 is 1.44 bits per heavy atom. The zero-order valence-electron chi connectivity index (χ0n) is 10.9. The average molecular weight is 249 g/mol. The number of oxime groups is 1. The molecule has 0 aliphatic rings. The molecule has 0 heterocycles. The molecule has 0 aliphatic carbocycles. The lowest BCUT2D eigenvalue weighted by Crippen LogP contribution is -2.44. The van der Waals surface area contributed by atoms with E-state index in [0.717, 1.165) is 11.1 Å². The van der Waals surface area contributed by atoms with Gasteiger partial charge in [-0.2, -0.15) is 0 Å². The van der Waals surface area contributed by atoms with E-state index in [1.54, 1.807) is 14.0 Å². The molecule has 0 fully saturated rings. The first-order valence-corrected chi connectivity index (χ1v) is 5.74. The summed E-state index contributed by atoms with van der Waals surface area (Å²) in [6.07, 6.45) is 0.305. The average Bonchev–Trinajstić information content (AvgIpc) is 2.38. The number of hydrogen-bond acceptors (Lipinski definition) is 3. The van der Waals surface area contributed by atoms with Gasteiger partial charge in [-0.05, 0) is 19.4 Å². The van der Waals surface area contributed by atoms with Crippen LogP contribution in [0.15, 0.2) is 29.4 Å². The molecule has 0 aliphatic heterocycles. The highest BCUT2D eigenvalue weighted by Gasteiger charge is 2.19. The Kier molecular flexibility index (Phi) is 4.71. The second-order valence-electron chi connectivity index (χ2n) is 4.37. The van der Waals surface area contributed by atoms with Gasteiger partial charge in [-0.25, -0.2) is 0 Å². The summed E-state index contributed by atoms with van der Waals surface area (Å²) >= 11 is 0. The first kappa shape index (κ1) is 14.0. The second-order valence-corrected chi connectivity index (χ2v) is 4.37. The predicted molar refractivity (Wildman–Crippen MR) is 70.5 cm³/mol. The standard InChI is InChI=1S/C13H19N3O2/c1-9-4-6-11(7-5-9)8-12(17)16(3)10(2)13(14)15-18/h4-7,10,18H,8H2,1-3H3,(H2,14,15). The summed E-state index contributed by atoms with van der Waals surface area (Å²) in [5, 5.41) is 11.5. The summed E-state index contributed by atoms with van der Waals surface area (Å²) in [6.45, 7) is 3.71. The highest BCUT2D eigenvalue weighted by atomic mass is 16.4. The summed E-state index contributed by atoms with van der Waals surface area (Å²) in [5.41, 5.74) is 7.58. The zero-order chi connectivity index (χ0) is 13.7. The first-order chi connectivity index (χ1) is 8.45. The van der Waals surface area contributed by atoms with E-state index in [1.165, 1.54) is 4.90 Å². The van der Waals surface area contributed by atoms with Crippen LogP contribution in [0.25, 0.3) is 0 Å². The molecule has 5 nitrogen and oxygen atoms in total. The molecule has 0 saturated carbocycles. The normalized spacial score (nSPS) is 13.2. The Morgan fingerprint density at radius 2 is 2.00 bits per heavy atom. The van der Waals surface area contributed by atoms with Crippen LogP contribution in [-0.2, 0) is 11.2 Å². The lowest BCUT2D eigenvalue weighted by molar-refractivity contribution is -0.129. The van der Waals surface area contributed by atoms with E-state index in [0.29, 0.717) is 6.42 Å². The number of amides is 1. The van der Waals surface area contributed by atoms with Crippen LogP contribution < -0.4 is 5.73 Å². The Morgan fingerprint density at radius 3 is 2.50 bits per heavy atom. The molecule has 1 atom stereocenters. The number of benzene rings is 1. The Labute approximate surface area is 107 Å². The van der Waals surface area contributed by atoms with E-state index in [9.17, 15) is 4.79 Å². The molecule has 0 radical (unpaired) electrons. The summed E-state index contributed by atoms with van der Waals surface area (Å²) < 4.78 is 0. The maximum atomic E-state index is 12.0. The Bertz CT molecular complexity index is 440. The number of likely N-dealkylation sites (N-methyl/N-ethyl adjacent to an activating group) is 1. The summed E-state index contributed by atoms with van der Waals surface area (Å²) in [6, 6.07) is 7.36. The topological polar surface area (TPSA) is 78.9 Å². The van der Waals surface area contributed by atoms with Gasteiger partial charge in [0.05, 0.1) is 12.5 Å². The molecule has 98 valence electrons. The van der Waals surface area contributed by atoms with E-state index in [-0.39, 0.29) is 11.7 Å². The largest absolute Gasteiger partial charge is 0.409 e. The van der Waals surface area contributed by atoms with Crippen LogP contribution in [0.3, 0.4) is 0 Å². The van der Waals surface area contributed by atoms with Crippen LogP contribution in [0, 0.1) is 6.92 Å². The molecule has 1 aromatic carbocycles. The highest BCUT2D eigenvalue weighted by molar-refractivity contribution is 5.90. The fourth-order valence-corrected chi connectivity index (χ4v) is 1.50. The van der Waals surface area contributed by atoms with E-state index < -0.39 is 6.04 Å². The van der Waals surface area contributed by atoms with Gasteiger partial charge in [0, 0.05) is 7.05 Å². The number of hydrogen-bond donors (Lipinski definition) is 2. The second kappa shape index (κ2) is 6.05. The number of carbonyl (C=O) groups is 1. The predicted octanol–water partition coefficient (Wildman–Crippen LogP) is 1.13. The van der Waals surface area contributed by atoms with Crippen molar-refractivity contribution in [2.24, 2.45) is 10.9 Å². The fraction of sp³-hybridized carbons (Fsp3) is 0.385. The SMILES string of the molecule is Cc1ccc(CC(=O)N(C)C(C)C(N)=NO)cc1. The van der Waals surface area contributed by atoms with Crippen molar-refractivity contribution in [1.29, 1.82) is 0 Å². The van der Waals surface area contributed by atoms with Crippen LogP contribution in [0.4, 0.5) is 0 Å². The summed E-state index contributed by atoms with van der Waals surface area (Å²) in [7, 11) is 1.64. The van der Waals surface area contributed by atoms with Crippen molar-refractivity contribution in [2.45, 2.75) is 26.3 Å². The number of nitrogens with two attached hydrogens (primary N) is 1. The van der Waals surface area contributed by atoms with Gasteiger partial charge in [-0.15, -0.1) is 0 Å². The molecular weight excluding hydrogens is 230 g/mol. The number of carbonyl (C=O) groups excluding carboxylic acids is 1. The van der Waals surface area contributed by atoms with Crippen LogP contribution in [0.5, 0.6) is 0 Å². The van der Waals surface area contributed by atoms with Gasteiger partial charge in [0.2, 0.25) is 5.91 Å². The quantitative estimate of drug-likeness (QED) is 0.363. The Balaban J connectivity index is 2.68. The van der Waals surface area contributed by atoms with Gasteiger partial charge in [-0.1, -0.05) is 35.0 Å². The smallest absolute Gasteiger partial charge is 0.227 e. The molecule has 5 heteroatoms. The van der Waals surface area contributed by atoms with Gasteiger partial charge < -0.3 is 15.8 Å². The maximum Gasteiger partial charge on any atom is 0.227 e. The Hall–Kier alpha value is -2.04. The third-order valence-corrected chi connectivity index (χ3v) is 2.99. The van der Waals surface area contributed by atoms with Gasteiger partial charge in [0.1, 0.15) is 0 Å². The summed E-state index contributed by atoms with van der Waals surface area (Å²) in [5.74, 6) is -0.0484. The van der Waals surface area contributed by atoms with E-state index in [4.69, 9.17) is 10.9 Å². The molecule has 3 N–H and O–H groups in total. The van der Waals surface area contributed by atoms with Gasteiger partial charge in [-0.3, -0.25) is 4.79 Å². The van der Waals surface area contributed by atoms with Gasteiger partial charge >= 0.3 is 0 Å². The monoisotopic (exact) mass is 249 g/mol. The molecular formula is C13H19N3O2. The van der Waals surface area contributed by atoms with Crippen molar-refractivity contribution >= 4 is 11.7 Å². The molecule has 1 rings (SSSR count). The molecule has 1 amide bonds.